The molecule has 11 heteroatoms. The van der Waals surface area contributed by atoms with Gasteiger partial charge in [-0.2, -0.15) is 0 Å². The number of aromatic amines is 1. The SMILES string of the molecule is CCn1cnc2cc(/N=c3\[nH]c(=O)n([C@@H](C)[C@@H](C)C(=O)O)c(=O)n3Cc3ccc(Cl)cc3)ccc21. The molecule has 182 valence electrons. The molecular weight excluding hydrogens is 472 g/mol. The molecule has 0 saturated carbocycles. The van der Waals surface area contributed by atoms with Crippen LogP contribution in [-0.4, -0.2) is 34.7 Å². The molecule has 10 nitrogen and oxygen atoms in total. The molecule has 2 aromatic carbocycles. The van der Waals surface area contributed by atoms with Crippen molar-refractivity contribution in [2.45, 2.75) is 39.9 Å². The quantitative estimate of drug-likeness (QED) is 0.406. The molecule has 0 saturated heterocycles. The van der Waals surface area contributed by atoms with Crippen LogP contribution in [-0.2, 0) is 17.9 Å². The van der Waals surface area contributed by atoms with Crippen LogP contribution in [0.2, 0.25) is 5.02 Å². The van der Waals surface area contributed by atoms with Crippen LogP contribution in [0, 0.1) is 5.92 Å². The third kappa shape index (κ3) is 4.83. The van der Waals surface area contributed by atoms with Crippen molar-refractivity contribution in [3.05, 3.63) is 86.0 Å². The zero-order valence-corrected chi connectivity index (χ0v) is 20.2. The van der Waals surface area contributed by atoms with Crippen LogP contribution >= 0.6 is 11.6 Å². The predicted octanol–water partition coefficient (Wildman–Crippen LogP) is 2.92. The molecule has 2 N–H and O–H groups in total. The van der Waals surface area contributed by atoms with Crippen molar-refractivity contribution in [2.24, 2.45) is 10.9 Å². The Morgan fingerprint density at radius 3 is 2.54 bits per heavy atom. The van der Waals surface area contributed by atoms with Gasteiger partial charge < -0.3 is 9.67 Å². The fraction of sp³-hybridized carbons (Fsp3) is 0.292. The molecule has 2 heterocycles. The van der Waals surface area contributed by atoms with E-state index >= 15 is 0 Å². The number of nitrogens with one attached hydrogen (secondary N) is 1. The van der Waals surface area contributed by atoms with Gasteiger partial charge in [0, 0.05) is 11.6 Å². The van der Waals surface area contributed by atoms with Crippen LogP contribution in [0.4, 0.5) is 5.69 Å². The van der Waals surface area contributed by atoms with Crippen molar-refractivity contribution in [1.29, 1.82) is 0 Å². The number of carboxylic acids is 1. The first-order valence-electron chi connectivity index (χ1n) is 11.1. The molecule has 4 rings (SSSR count). The van der Waals surface area contributed by atoms with Crippen molar-refractivity contribution in [3.8, 4) is 0 Å². The van der Waals surface area contributed by atoms with Gasteiger partial charge in [0.25, 0.3) is 0 Å². The van der Waals surface area contributed by atoms with Gasteiger partial charge in [0.1, 0.15) is 0 Å². The summed E-state index contributed by atoms with van der Waals surface area (Å²) in [5.41, 5.74) is 1.57. The molecule has 0 unspecified atom stereocenters. The van der Waals surface area contributed by atoms with Gasteiger partial charge >= 0.3 is 17.3 Å². The summed E-state index contributed by atoms with van der Waals surface area (Å²) in [5.74, 6) is -2.07. The third-order valence-corrected chi connectivity index (χ3v) is 6.34. The van der Waals surface area contributed by atoms with Gasteiger partial charge in [-0.1, -0.05) is 23.7 Å². The largest absolute Gasteiger partial charge is 0.481 e. The number of halogens is 1. The Morgan fingerprint density at radius 2 is 1.89 bits per heavy atom. The topological polar surface area (TPSA) is 127 Å². The van der Waals surface area contributed by atoms with E-state index in [1.165, 1.54) is 18.4 Å². The van der Waals surface area contributed by atoms with E-state index in [0.717, 1.165) is 27.7 Å². The van der Waals surface area contributed by atoms with E-state index in [-0.39, 0.29) is 12.2 Å². The van der Waals surface area contributed by atoms with E-state index in [2.05, 4.69) is 15.0 Å². The van der Waals surface area contributed by atoms with Gasteiger partial charge in [-0.3, -0.25) is 14.3 Å². The van der Waals surface area contributed by atoms with Crippen molar-refractivity contribution >= 4 is 34.3 Å². The summed E-state index contributed by atoms with van der Waals surface area (Å²) in [6.07, 6.45) is 1.74. The van der Waals surface area contributed by atoms with E-state index < -0.39 is 29.3 Å². The molecule has 0 aliphatic heterocycles. The molecular formula is C24H25ClN6O4. The molecule has 0 aliphatic rings. The average Bonchev–Trinajstić information content (AvgIpc) is 3.24. The summed E-state index contributed by atoms with van der Waals surface area (Å²) in [4.78, 5) is 49.5. The minimum Gasteiger partial charge on any atom is -0.481 e. The zero-order valence-electron chi connectivity index (χ0n) is 19.5. The highest BCUT2D eigenvalue weighted by Crippen LogP contribution is 2.20. The van der Waals surface area contributed by atoms with Crippen LogP contribution in [0.5, 0.6) is 0 Å². The fourth-order valence-electron chi connectivity index (χ4n) is 3.82. The first kappa shape index (κ1) is 24.2. The number of fused-ring (bicyclic) bond motifs is 1. The number of aliphatic carboxylic acids is 1. The second-order valence-electron chi connectivity index (χ2n) is 8.30. The molecule has 35 heavy (non-hydrogen) atoms. The van der Waals surface area contributed by atoms with Gasteiger partial charge in [-0.25, -0.2) is 24.1 Å². The van der Waals surface area contributed by atoms with Gasteiger partial charge in [0.2, 0.25) is 5.62 Å². The number of aromatic nitrogens is 5. The Labute approximate surface area is 204 Å². The lowest BCUT2D eigenvalue weighted by atomic mass is 10.0. The Balaban J connectivity index is 1.91. The standard InChI is InChI=1S/C24H25ClN6O4/c1-4-29-13-26-19-11-18(9-10-20(19)29)27-22-28-23(34)31(15(3)14(2)21(32)33)24(35)30(22)12-16-5-7-17(25)8-6-16/h5-11,13-15H,4,12H2,1-3H3,(H,32,33)(H,27,28,34)/t14-,15+/m1/s1. The molecule has 0 aliphatic carbocycles. The molecule has 4 aromatic rings. The van der Waals surface area contributed by atoms with E-state index in [0.29, 0.717) is 10.7 Å². The summed E-state index contributed by atoms with van der Waals surface area (Å²) in [7, 11) is 0. The van der Waals surface area contributed by atoms with Crippen LogP contribution in [0.15, 0.2) is 63.4 Å². The number of carboxylic acid groups (broad SMARTS) is 1. The lowest BCUT2D eigenvalue weighted by molar-refractivity contribution is -0.142. The second-order valence-corrected chi connectivity index (χ2v) is 8.74. The minimum absolute atomic E-state index is 0.0376. The number of rotatable bonds is 7. The molecule has 0 bridgehead atoms. The number of hydrogen-bond donors (Lipinski definition) is 2. The van der Waals surface area contributed by atoms with Crippen LogP contribution in [0.25, 0.3) is 11.0 Å². The van der Waals surface area contributed by atoms with Crippen molar-refractivity contribution in [2.75, 3.05) is 0 Å². The highest BCUT2D eigenvalue weighted by atomic mass is 35.5. The van der Waals surface area contributed by atoms with E-state index in [4.69, 9.17) is 11.6 Å². The fourth-order valence-corrected chi connectivity index (χ4v) is 3.95. The molecule has 2 atom stereocenters. The first-order valence-corrected chi connectivity index (χ1v) is 11.5. The maximum atomic E-state index is 13.5. The number of aryl methyl sites for hydroxylation is 1. The third-order valence-electron chi connectivity index (χ3n) is 6.08. The predicted molar refractivity (Wildman–Crippen MR) is 132 cm³/mol. The minimum atomic E-state index is -1.11. The summed E-state index contributed by atoms with van der Waals surface area (Å²) >= 11 is 5.99. The highest BCUT2D eigenvalue weighted by Gasteiger charge is 2.25. The molecule has 0 fully saturated rings. The van der Waals surface area contributed by atoms with Crippen LogP contribution in [0.1, 0.15) is 32.4 Å². The van der Waals surface area contributed by atoms with E-state index in [1.54, 1.807) is 42.7 Å². The Kier molecular flexibility index (Phi) is 6.74. The molecule has 0 radical (unpaired) electrons. The summed E-state index contributed by atoms with van der Waals surface area (Å²) in [6, 6.07) is 11.5. The van der Waals surface area contributed by atoms with Gasteiger partial charge in [0.05, 0.1) is 41.6 Å². The number of carbonyl (C=O) groups is 1. The number of benzene rings is 2. The normalized spacial score (nSPS) is 13.8. The van der Waals surface area contributed by atoms with Crippen molar-refractivity contribution in [3.63, 3.8) is 0 Å². The van der Waals surface area contributed by atoms with Crippen LogP contribution in [0.3, 0.4) is 0 Å². The van der Waals surface area contributed by atoms with Crippen molar-refractivity contribution in [1.82, 2.24) is 23.7 Å². The number of hydrogen-bond acceptors (Lipinski definition) is 5. The van der Waals surface area contributed by atoms with Gasteiger partial charge in [-0.15, -0.1) is 0 Å². The Bertz CT molecular complexity index is 1580. The molecule has 2 aromatic heterocycles. The number of H-pyrrole nitrogens is 1. The maximum Gasteiger partial charge on any atom is 0.335 e. The number of imidazole rings is 1. The summed E-state index contributed by atoms with van der Waals surface area (Å²) in [6.45, 7) is 5.85. The second kappa shape index (κ2) is 9.75. The first-order chi connectivity index (χ1) is 16.7. The Hall–Kier alpha value is -3.92. The smallest absolute Gasteiger partial charge is 0.335 e. The maximum absolute atomic E-state index is 13.5. The van der Waals surface area contributed by atoms with E-state index in [9.17, 15) is 19.5 Å². The van der Waals surface area contributed by atoms with Gasteiger partial charge in [-0.05, 0) is 56.7 Å². The molecule has 0 amide bonds. The average molecular weight is 497 g/mol. The number of nitrogens with zero attached hydrogens (tertiary/aromatic N) is 5. The lowest BCUT2D eigenvalue weighted by Crippen LogP contribution is -2.52. The summed E-state index contributed by atoms with van der Waals surface area (Å²) in [5, 5.41) is 9.96. The summed E-state index contributed by atoms with van der Waals surface area (Å²) < 4.78 is 4.22. The van der Waals surface area contributed by atoms with Crippen LogP contribution < -0.4 is 17.0 Å². The lowest BCUT2D eigenvalue weighted by Gasteiger charge is -2.19. The van der Waals surface area contributed by atoms with E-state index in [1.807, 2.05) is 17.6 Å². The Morgan fingerprint density at radius 1 is 1.17 bits per heavy atom. The van der Waals surface area contributed by atoms with Gasteiger partial charge in [0.15, 0.2) is 0 Å². The zero-order chi connectivity index (χ0) is 25.3. The molecule has 0 spiro atoms. The van der Waals surface area contributed by atoms with Crippen molar-refractivity contribution < 1.29 is 9.90 Å². The highest BCUT2D eigenvalue weighted by molar-refractivity contribution is 6.30. The monoisotopic (exact) mass is 496 g/mol.